The Morgan fingerprint density at radius 1 is 1.11 bits per heavy atom. The van der Waals surface area contributed by atoms with Crippen molar-refractivity contribution in [1.29, 1.82) is 0 Å². The third-order valence-corrected chi connectivity index (χ3v) is 6.00. The minimum absolute atomic E-state index is 0.245. The molecule has 28 heavy (non-hydrogen) atoms. The van der Waals surface area contributed by atoms with Gasteiger partial charge in [-0.05, 0) is 56.5 Å². The van der Waals surface area contributed by atoms with Gasteiger partial charge in [-0.3, -0.25) is 10.1 Å². The second kappa shape index (κ2) is 9.21. The Hall–Kier alpha value is -2.38. The van der Waals surface area contributed by atoms with Crippen LogP contribution in [0.4, 0.5) is 5.13 Å². The first-order chi connectivity index (χ1) is 13.4. The first-order valence-electron chi connectivity index (χ1n) is 8.97. The molecule has 0 aliphatic carbocycles. The topological polar surface area (TPSA) is 64.1 Å². The number of carbonyl (C=O) groups is 1. The maximum Gasteiger partial charge on any atom is 0.266 e. The Morgan fingerprint density at radius 3 is 2.57 bits per heavy atom. The van der Waals surface area contributed by atoms with Crippen molar-refractivity contribution in [2.75, 3.05) is 5.32 Å². The lowest BCUT2D eigenvalue weighted by Gasteiger charge is -2.14. The Kier molecular flexibility index (Phi) is 6.70. The van der Waals surface area contributed by atoms with E-state index < -0.39 is 6.10 Å². The third-order valence-electron chi connectivity index (χ3n) is 3.96. The zero-order chi connectivity index (χ0) is 20.1. The summed E-state index contributed by atoms with van der Waals surface area (Å²) in [6.45, 7) is 7.80. The number of anilines is 1. The Morgan fingerprint density at radius 2 is 1.86 bits per heavy atom. The average Bonchev–Trinajstić information content (AvgIpc) is 3.06. The number of aromatic nitrogens is 2. The van der Waals surface area contributed by atoms with Crippen LogP contribution >= 0.6 is 23.1 Å². The van der Waals surface area contributed by atoms with E-state index in [9.17, 15) is 4.79 Å². The lowest BCUT2D eigenvalue weighted by molar-refractivity contribution is -0.122. The highest BCUT2D eigenvalue weighted by Crippen LogP contribution is 2.28. The fourth-order valence-corrected chi connectivity index (χ4v) is 4.43. The molecule has 0 saturated carbocycles. The van der Waals surface area contributed by atoms with E-state index in [1.54, 1.807) is 18.7 Å². The maximum absolute atomic E-state index is 12.4. The van der Waals surface area contributed by atoms with Gasteiger partial charge in [-0.1, -0.05) is 59.0 Å². The largest absolute Gasteiger partial charge is 0.481 e. The van der Waals surface area contributed by atoms with Crippen LogP contribution in [0.2, 0.25) is 0 Å². The van der Waals surface area contributed by atoms with E-state index in [1.165, 1.54) is 22.5 Å². The van der Waals surface area contributed by atoms with Crippen LogP contribution in [0.3, 0.4) is 0 Å². The highest BCUT2D eigenvalue weighted by atomic mass is 32.2. The Labute approximate surface area is 173 Å². The summed E-state index contributed by atoms with van der Waals surface area (Å²) >= 11 is 2.97. The summed E-state index contributed by atoms with van der Waals surface area (Å²) in [4.78, 5) is 12.4. The van der Waals surface area contributed by atoms with Gasteiger partial charge in [0.15, 0.2) is 10.4 Å². The van der Waals surface area contributed by atoms with Gasteiger partial charge in [0, 0.05) is 5.75 Å². The molecule has 7 heteroatoms. The van der Waals surface area contributed by atoms with E-state index in [-0.39, 0.29) is 5.91 Å². The number of ether oxygens (including phenoxy) is 1. The zero-order valence-corrected chi connectivity index (χ0v) is 18.0. The number of benzene rings is 2. The minimum Gasteiger partial charge on any atom is -0.481 e. The van der Waals surface area contributed by atoms with Gasteiger partial charge in [0.2, 0.25) is 5.13 Å². The van der Waals surface area contributed by atoms with Crippen molar-refractivity contribution < 1.29 is 9.53 Å². The molecule has 1 aromatic heterocycles. The number of hydrogen-bond acceptors (Lipinski definition) is 6. The molecule has 0 saturated heterocycles. The zero-order valence-electron chi connectivity index (χ0n) is 16.4. The van der Waals surface area contributed by atoms with E-state index in [4.69, 9.17) is 4.74 Å². The van der Waals surface area contributed by atoms with Crippen LogP contribution in [0.15, 0.2) is 46.8 Å². The van der Waals surface area contributed by atoms with E-state index in [0.29, 0.717) is 10.9 Å². The highest BCUT2D eigenvalue weighted by Gasteiger charge is 2.17. The number of hydrogen-bond donors (Lipinski definition) is 1. The fourth-order valence-electron chi connectivity index (χ4n) is 2.73. The first kappa shape index (κ1) is 20.4. The number of nitrogens with zero attached hydrogens (tertiary/aromatic N) is 2. The molecule has 0 radical (unpaired) electrons. The number of aryl methyl sites for hydroxylation is 3. The van der Waals surface area contributed by atoms with E-state index >= 15 is 0 Å². The number of rotatable bonds is 7. The quantitative estimate of drug-likeness (QED) is 0.428. The van der Waals surface area contributed by atoms with E-state index in [2.05, 4.69) is 46.7 Å². The van der Waals surface area contributed by atoms with Gasteiger partial charge in [0.05, 0.1) is 0 Å². The van der Waals surface area contributed by atoms with Gasteiger partial charge < -0.3 is 4.74 Å². The van der Waals surface area contributed by atoms with Crippen LogP contribution in [-0.4, -0.2) is 22.2 Å². The van der Waals surface area contributed by atoms with Crippen molar-refractivity contribution in [2.24, 2.45) is 0 Å². The smallest absolute Gasteiger partial charge is 0.266 e. The number of thioether (sulfide) groups is 1. The maximum atomic E-state index is 12.4. The molecular weight excluding hydrogens is 390 g/mol. The van der Waals surface area contributed by atoms with Gasteiger partial charge in [-0.2, -0.15) is 0 Å². The summed E-state index contributed by atoms with van der Waals surface area (Å²) in [5.41, 5.74) is 4.67. The van der Waals surface area contributed by atoms with Crippen molar-refractivity contribution in [3.05, 3.63) is 64.7 Å². The average molecular weight is 414 g/mol. The van der Waals surface area contributed by atoms with Gasteiger partial charge in [0.25, 0.3) is 5.91 Å². The van der Waals surface area contributed by atoms with Crippen molar-refractivity contribution in [2.45, 2.75) is 43.9 Å². The molecule has 5 nitrogen and oxygen atoms in total. The third kappa shape index (κ3) is 5.81. The molecule has 1 N–H and O–H groups in total. The molecule has 2 aromatic carbocycles. The lowest BCUT2D eigenvalue weighted by atomic mass is 10.1. The molecule has 146 valence electrons. The molecule has 3 aromatic rings. The van der Waals surface area contributed by atoms with Gasteiger partial charge in [-0.25, -0.2) is 0 Å². The molecule has 0 spiro atoms. The van der Waals surface area contributed by atoms with Crippen LogP contribution in [0.1, 0.15) is 29.2 Å². The van der Waals surface area contributed by atoms with Crippen molar-refractivity contribution >= 4 is 34.1 Å². The summed E-state index contributed by atoms with van der Waals surface area (Å²) in [7, 11) is 0. The van der Waals surface area contributed by atoms with Gasteiger partial charge in [0.1, 0.15) is 5.75 Å². The predicted octanol–water partition coefficient (Wildman–Crippen LogP) is 5.16. The molecule has 1 amide bonds. The number of amides is 1. The summed E-state index contributed by atoms with van der Waals surface area (Å²) in [6.07, 6.45) is -0.631. The molecule has 1 atom stereocenters. The second-order valence-electron chi connectivity index (χ2n) is 6.72. The van der Waals surface area contributed by atoms with Crippen LogP contribution < -0.4 is 10.1 Å². The van der Waals surface area contributed by atoms with E-state index in [1.807, 2.05) is 32.0 Å². The van der Waals surface area contributed by atoms with E-state index in [0.717, 1.165) is 21.2 Å². The van der Waals surface area contributed by atoms with Crippen LogP contribution in [0, 0.1) is 20.8 Å². The van der Waals surface area contributed by atoms with Crippen molar-refractivity contribution in [3.63, 3.8) is 0 Å². The van der Waals surface area contributed by atoms with Crippen LogP contribution in [0.25, 0.3) is 0 Å². The molecule has 0 bridgehead atoms. The molecule has 3 rings (SSSR count). The first-order valence-corrected chi connectivity index (χ1v) is 10.8. The molecule has 1 heterocycles. The fraction of sp³-hybridized carbons (Fsp3) is 0.286. The standard InChI is InChI=1S/C21H23N3O2S2/c1-13-6-5-7-17(9-13)12-27-21-24-23-20(28-21)22-19(25)16(4)26-18-10-14(2)8-15(3)11-18/h5-11,16H,12H2,1-4H3,(H,22,23,25). The number of nitrogens with one attached hydrogen (secondary N) is 1. The molecule has 1 unspecified atom stereocenters. The Bertz CT molecular complexity index is 952. The van der Waals surface area contributed by atoms with Crippen LogP contribution in [0.5, 0.6) is 5.75 Å². The lowest BCUT2D eigenvalue weighted by Crippen LogP contribution is -2.30. The molecular formula is C21H23N3O2S2. The predicted molar refractivity (Wildman–Crippen MR) is 115 cm³/mol. The van der Waals surface area contributed by atoms with Crippen molar-refractivity contribution in [1.82, 2.24) is 10.2 Å². The van der Waals surface area contributed by atoms with Crippen LogP contribution in [-0.2, 0) is 10.5 Å². The summed E-state index contributed by atoms with van der Waals surface area (Å²) in [6, 6.07) is 14.3. The summed E-state index contributed by atoms with van der Waals surface area (Å²) < 4.78 is 6.59. The molecule has 0 aliphatic heterocycles. The Balaban J connectivity index is 1.54. The van der Waals surface area contributed by atoms with Crippen molar-refractivity contribution in [3.8, 4) is 5.75 Å². The normalized spacial score (nSPS) is 11.9. The van der Waals surface area contributed by atoms with Gasteiger partial charge >= 0.3 is 0 Å². The minimum atomic E-state index is -0.631. The summed E-state index contributed by atoms with van der Waals surface area (Å²) in [5, 5.41) is 11.5. The highest BCUT2D eigenvalue weighted by molar-refractivity contribution is 8.00. The monoisotopic (exact) mass is 413 g/mol. The SMILES string of the molecule is Cc1cccc(CSc2nnc(NC(=O)C(C)Oc3cc(C)cc(C)c3)s2)c1. The number of carbonyl (C=O) groups excluding carboxylic acids is 1. The summed E-state index contributed by atoms with van der Waals surface area (Å²) in [5.74, 6) is 1.26. The van der Waals surface area contributed by atoms with Gasteiger partial charge in [-0.15, -0.1) is 10.2 Å². The molecule has 0 fully saturated rings. The molecule has 0 aliphatic rings. The second-order valence-corrected chi connectivity index (χ2v) is 8.92.